The fourth-order valence-corrected chi connectivity index (χ4v) is 1.23. The molecule has 0 aliphatic heterocycles. The molecule has 0 aliphatic carbocycles. The maximum atomic E-state index is 5.40. The first-order valence-corrected chi connectivity index (χ1v) is 5.32. The molecule has 0 unspecified atom stereocenters. The Kier molecular flexibility index (Phi) is 10.8. The van der Waals surface area contributed by atoms with Gasteiger partial charge in [-0.3, -0.25) is 0 Å². The van der Waals surface area contributed by atoms with Crippen molar-refractivity contribution < 1.29 is 0 Å². The molecule has 0 aromatic heterocycles. The Morgan fingerprint density at radius 2 is 1.58 bits per heavy atom. The molecule has 0 aromatic carbocycles. The molecule has 0 spiro atoms. The molecule has 0 aliphatic rings. The lowest BCUT2D eigenvalue weighted by atomic mass is 10.1. The van der Waals surface area contributed by atoms with E-state index in [1.165, 1.54) is 51.6 Å². The fourth-order valence-electron chi connectivity index (χ4n) is 1.23. The first-order chi connectivity index (χ1) is 5.91. The van der Waals surface area contributed by atoms with E-state index in [2.05, 4.69) is 12.2 Å². The van der Waals surface area contributed by atoms with Gasteiger partial charge in [0.1, 0.15) is 0 Å². The predicted molar refractivity (Wildman–Crippen MR) is 55.3 cm³/mol. The summed E-state index contributed by atoms with van der Waals surface area (Å²) < 4.78 is 0. The van der Waals surface area contributed by atoms with Crippen molar-refractivity contribution in [2.24, 2.45) is 5.73 Å². The Labute approximate surface area is 76.9 Å². The van der Waals surface area contributed by atoms with Crippen LogP contribution in [0.5, 0.6) is 0 Å². The van der Waals surface area contributed by atoms with Crippen LogP contribution in [0.15, 0.2) is 0 Å². The van der Waals surface area contributed by atoms with Crippen molar-refractivity contribution in [3.63, 3.8) is 0 Å². The highest BCUT2D eigenvalue weighted by molar-refractivity contribution is 4.48. The zero-order chi connectivity index (χ0) is 9.07. The van der Waals surface area contributed by atoms with Crippen LogP contribution in [-0.2, 0) is 0 Å². The van der Waals surface area contributed by atoms with Crippen LogP contribution >= 0.6 is 0 Å². The quantitative estimate of drug-likeness (QED) is 0.521. The lowest BCUT2D eigenvalue weighted by Gasteiger charge is -2.02. The summed E-state index contributed by atoms with van der Waals surface area (Å²) in [6, 6.07) is 0. The van der Waals surface area contributed by atoms with E-state index in [1.807, 2.05) is 0 Å². The first-order valence-electron chi connectivity index (χ1n) is 5.32. The Morgan fingerprint density at radius 3 is 2.25 bits per heavy atom. The van der Waals surface area contributed by atoms with Crippen LogP contribution < -0.4 is 11.1 Å². The SMILES string of the molecule is CCCNCCCCCCCN. The lowest BCUT2D eigenvalue weighted by Crippen LogP contribution is -2.15. The molecule has 0 heterocycles. The number of nitrogens with one attached hydrogen (secondary N) is 1. The van der Waals surface area contributed by atoms with Crippen molar-refractivity contribution >= 4 is 0 Å². The van der Waals surface area contributed by atoms with E-state index < -0.39 is 0 Å². The average Bonchev–Trinajstić information content (AvgIpc) is 2.10. The molecule has 0 atom stereocenters. The van der Waals surface area contributed by atoms with Crippen LogP contribution in [0.1, 0.15) is 45.4 Å². The van der Waals surface area contributed by atoms with E-state index in [0.717, 1.165) is 6.54 Å². The largest absolute Gasteiger partial charge is 0.330 e. The molecule has 2 heteroatoms. The van der Waals surface area contributed by atoms with Crippen LogP contribution in [0.4, 0.5) is 0 Å². The van der Waals surface area contributed by atoms with Crippen LogP contribution in [0.3, 0.4) is 0 Å². The van der Waals surface area contributed by atoms with E-state index in [4.69, 9.17) is 5.73 Å². The molecule has 0 aromatic rings. The van der Waals surface area contributed by atoms with Gasteiger partial charge in [-0.1, -0.05) is 26.2 Å². The number of unbranched alkanes of at least 4 members (excludes halogenated alkanes) is 4. The molecule has 0 bridgehead atoms. The summed E-state index contributed by atoms with van der Waals surface area (Å²) in [6.45, 7) is 5.42. The average molecular weight is 172 g/mol. The Morgan fingerprint density at radius 1 is 0.917 bits per heavy atom. The van der Waals surface area contributed by atoms with Crippen molar-refractivity contribution in [3.8, 4) is 0 Å². The van der Waals surface area contributed by atoms with Crippen molar-refractivity contribution in [1.29, 1.82) is 0 Å². The Bertz CT molecular complexity index is 64.2. The standard InChI is InChI=1S/C10H24N2/c1-2-9-12-10-7-5-3-4-6-8-11/h12H,2-11H2,1H3. The molecule has 2 nitrogen and oxygen atoms in total. The van der Waals surface area contributed by atoms with E-state index in [-0.39, 0.29) is 0 Å². The van der Waals surface area contributed by atoms with Gasteiger partial charge >= 0.3 is 0 Å². The van der Waals surface area contributed by atoms with Gasteiger partial charge in [0.2, 0.25) is 0 Å². The molecule has 0 radical (unpaired) electrons. The second-order valence-electron chi connectivity index (χ2n) is 3.31. The fraction of sp³-hybridized carbons (Fsp3) is 1.00. The molecular formula is C10H24N2. The number of nitrogens with two attached hydrogens (primary N) is 1. The van der Waals surface area contributed by atoms with Gasteiger partial charge in [-0.2, -0.15) is 0 Å². The smallest absolute Gasteiger partial charge is 0.00489 e. The van der Waals surface area contributed by atoms with E-state index in [9.17, 15) is 0 Å². The molecule has 3 N–H and O–H groups in total. The van der Waals surface area contributed by atoms with E-state index in [0.29, 0.717) is 0 Å². The number of rotatable bonds is 9. The summed E-state index contributed by atoms with van der Waals surface area (Å²) in [6.07, 6.45) is 7.78. The molecule has 12 heavy (non-hydrogen) atoms. The molecule has 0 saturated heterocycles. The van der Waals surface area contributed by atoms with E-state index >= 15 is 0 Å². The van der Waals surface area contributed by atoms with Gasteiger partial charge in [0.05, 0.1) is 0 Å². The second-order valence-corrected chi connectivity index (χ2v) is 3.31. The van der Waals surface area contributed by atoms with Crippen LogP contribution in [0.2, 0.25) is 0 Å². The van der Waals surface area contributed by atoms with Crippen molar-refractivity contribution in [3.05, 3.63) is 0 Å². The Balaban J connectivity index is 2.73. The summed E-state index contributed by atoms with van der Waals surface area (Å²) >= 11 is 0. The summed E-state index contributed by atoms with van der Waals surface area (Å²) in [4.78, 5) is 0. The van der Waals surface area contributed by atoms with Gasteiger partial charge in [0, 0.05) is 0 Å². The molecule has 0 amide bonds. The van der Waals surface area contributed by atoms with Crippen molar-refractivity contribution in [2.45, 2.75) is 45.4 Å². The Hall–Kier alpha value is -0.0800. The lowest BCUT2D eigenvalue weighted by molar-refractivity contribution is 0.575. The number of hydrogen-bond donors (Lipinski definition) is 2. The van der Waals surface area contributed by atoms with Crippen LogP contribution in [-0.4, -0.2) is 19.6 Å². The van der Waals surface area contributed by atoms with E-state index in [1.54, 1.807) is 0 Å². The second kappa shape index (κ2) is 10.9. The summed E-state index contributed by atoms with van der Waals surface area (Å²) in [7, 11) is 0. The molecular weight excluding hydrogens is 148 g/mol. The van der Waals surface area contributed by atoms with Gasteiger partial charge in [-0.25, -0.2) is 0 Å². The van der Waals surface area contributed by atoms with Crippen LogP contribution in [0.25, 0.3) is 0 Å². The highest BCUT2D eigenvalue weighted by Gasteiger charge is 1.89. The molecule has 0 fully saturated rings. The van der Waals surface area contributed by atoms with Gasteiger partial charge in [-0.05, 0) is 38.9 Å². The molecule has 0 rings (SSSR count). The third-order valence-corrected chi connectivity index (χ3v) is 1.98. The maximum absolute atomic E-state index is 5.40. The highest BCUT2D eigenvalue weighted by atomic mass is 14.8. The minimum Gasteiger partial charge on any atom is -0.330 e. The molecule has 74 valence electrons. The van der Waals surface area contributed by atoms with Gasteiger partial charge in [-0.15, -0.1) is 0 Å². The highest BCUT2D eigenvalue weighted by Crippen LogP contribution is 2.00. The minimum atomic E-state index is 0.855. The first kappa shape index (κ1) is 11.9. The van der Waals surface area contributed by atoms with Gasteiger partial charge in [0.25, 0.3) is 0 Å². The maximum Gasteiger partial charge on any atom is -0.00489 e. The summed E-state index contributed by atoms with van der Waals surface area (Å²) in [5, 5.41) is 3.40. The van der Waals surface area contributed by atoms with Gasteiger partial charge in [0.15, 0.2) is 0 Å². The monoisotopic (exact) mass is 172 g/mol. The van der Waals surface area contributed by atoms with Crippen molar-refractivity contribution in [1.82, 2.24) is 5.32 Å². The number of hydrogen-bond acceptors (Lipinski definition) is 2. The third kappa shape index (κ3) is 9.92. The zero-order valence-electron chi connectivity index (χ0n) is 8.44. The summed E-state index contributed by atoms with van der Waals surface area (Å²) in [5.74, 6) is 0. The third-order valence-electron chi connectivity index (χ3n) is 1.98. The summed E-state index contributed by atoms with van der Waals surface area (Å²) in [5.41, 5.74) is 5.40. The normalized spacial score (nSPS) is 10.5. The van der Waals surface area contributed by atoms with Crippen molar-refractivity contribution in [2.75, 3.05) is 19.6 Å². The minimum absolute atomic E-state index is 0.855. The van der Waals surface area contributed by atoms with Crippen LogP contribution in [0, 0.1) is 0 Å². The zero-order valence-corrected chi connectivity index (χ0v) is 8.44. The molecule has 0 saturated carbocycles. The topological polar surface area (TPSA) is 38.0 Å². The van der Waals surface area contributed by atoms with Gasteiger partial charge < -0.3 is 11.1 Å². The predicted octanol–water partition coefficient (Wildman–Crippen LogP) is 1.90.